The molecule has 0 N–H and O–H groups in total. The molecular formula is C18H18N2O3S2. The Morgan fingerprint density at radius 1 is 1.16 bits per heavy atom. The van der Waals surface area contributed by atoms with Crippen LogP contribution in [0.25, 0.3) is 0 Å². The van der Waals surface area contributed by atoms with Crippen LogP contribution in [0.3, 0.4) is 0 Å². The third-order valence-corrected chi connectivity index (χ3v) is 5.96. The van der Waals surface area contributed by atoms with E-state index in [0.717, 1.165) is 47.2 Å². The number of thioether (sulfide) groups is 2. The largest absolute Gasteiger partial charge is 0.492 e. The number of hydrogen-bond donors (Lipinski definition) is 0. The highest BCUT2D eigenvalue weighted by Gasteiger charge is 2.33. The van der Waals surface area contributed by atoms with E-state index in [1.165, 1.54) is 0 Å². The van der Waals surface area contributed by atoms with Crippen LogP contribution in [-0.4, -0.2) is 40.0 Å². The van der Waals surface area contributed by atoms with Gasteiger partial charge in [0.05, 0.1) is 11.8 Å². The van der Waals surface area contributed by atoms with Crippen LogP contribution >= 0.6 is 23.5 Å². The number of benzene rings is 1. The Morgan fingerprint density at radius 2 is 1.96 bits per heavy atom. The SMILES string of the molecule is CN(CCOc1ccc(CC2SC(=O)SC2=O)cc1)c1ccccn1. The molecule has 1 aromatic carbocycles. The van der Waals surface area contributed by atoms with E-state index in [1.54, 1.807) is 6.20 Å². The summed E-state index contributed by atoms with van der Waals surface area (Å²) in [6.07, 6.45) is 2.34. The highest BCUT2D eigenvalue weighted by Crippen LogP contribution is 2.36. The van der Waals surface area contributed by atoms with Gasteiger partial charge in [-0.05, 0) is 48.0 Å². The van der Waals surface area contributed by atoms with E-state index in [9.17, 15) is 9.59 Å². The van der Waals surface area contributed by atoms with Crippen LogP contribution < -0.4 is 9.64 Å². The molecule has 1 aromatic heterocycles. The van der Waals surface area contributed by atoms with Crippen molar-refractivity contribution < 1.29 is 14.3 Å². The van der Waals surface area contributed by atoms with Gasteiger partial charge in [0.15, 0.2) is 0 Å². The number of carbonyl (C=O) groups excluding carboxylic acids is 2. The van der Waals surface area contributed by atoms with Crippen molar-refractivity contribution in [3.63, 3.8) is 0 Å². The second kappa shape index (κ2) is 8.40. The summed E-state index contributed by atoms with van der Waals surface area (Å²) in [5, 5.41) is -0.316. The molecule has 2 aromatic rings. The van der Waals surface area contributed by atoms with Crippen LogP contribution in [0.5, 0.6) is 5.75 Å². The number of pyridine rings is 1. The molecule has 0 aliphatic carbocycles. The smallest absolute Gasteiger partial charge is 0.254 e. The van der Waals surface area contributed by atoms with Crippen molar-refractivity contribution in [1.82, 2.24) is 4.98 Å². The predicted molar refractivity (Wildman–Crippen MR) is 103 cm³/mol. The summed E-state index contributed by atoms with van der Waals surface area (Å²) < 4.78 is 5.66. The van der Waals surface area contributed by atoms with Crippen LogP contribution in [0.4, 0.5) is 10.6 Å². The summed E-state index contributed by atoms with van der Waals surface area (Å²) in [7, 11) is 1.98. The van der Waals surface area contributed by atoms with Crippen molar-refractivity contribution in [3.05, 3.63) is 54.2 Å². The van der Waals surface area contributed by atoms with Crippen molar-refractivity contribution in [1.29, 1.82) is 0 Å². The minimum Gasteiger partial charge on any atom is -0.492 e. The van der Waals surface area contributed by atoms with Gasteiger partial charge in [-0.1, -0.05) is 30.0 Å². The second-order valence-electron chi connectivity index (χ2n) is 5.58. The lowest BCUT2D eigenvalue weighted by Gasteiger charge is -2.18. The van der Waals surface area contributed by atoms with Crippen LogP contribution in [-0.2, 0) is 11.2 Å². The molecule has 0 radical (unpaired) electrons. The second-order valence-corrected chi connectivity index (χ2v) is 7.99. The number of ether oxygens (including phenoxy) is 1. The van der Waals surface area contributed by atoms with Crippen molar-refractivity contribution in [3.8, 4) is 5.75 Å². The van der Waals surface area contributed by atoms with Gasteiger partial charge in [-0.2, -0.15) is 0 Å². The lowest BCUT2D eigenvalue weighted by Crippen LogP contribution is -2.24. The van der Waals surface area contributed by atoms with Crippen molar-refractivity contribution in [2.24, 2.45) is 0 Å². The fraction of sp³-hybridized carbons (Fsp3) is 0.278. The van der Waals surface area contributed by atoms with Crippen LogP contribution in [0.2, 0.25) is 0 Å². The maximum atomic E-state index is 11.7. The summed E-state index contributed by atoms with van der Waals surface area (Å²) in [6.45, 7) is 1.28. The number of carbonyl (C=O) groups is 2. The normalized spacial score (nSPS) is 16.9. The first kappa shape index (κ1) is 17.8. The van der Waals surface area contributed by atoms with E-state index < -0.39 is 0 Å². The Hall–Kier alpha value is -1.99. The monoisotopic (exact) mass is 374 g/mol. The van der Waals surface area contributed by atoms with E-state index in [4.69, 9.17) is 4.74 Å². The average molecular weight is 374 g/mol. The van der Waals surface area contributed by atoms with Gasteiger partial charge in [-0.25, -0.2) is 4.98 Å². The molecule has 1 saturated heterocycles. The van der Waals surface area contributed by atoms with E-state index in [0.29, 0.717) is 13.0 Å². The first-order chi connectivity index (χ1) is 12.1. The molecule has 1 unspecified atom stereocenters. The van der Waals surface area contributed by atoms with Crippen LogP contribution in [0, 0.1) is 0 Å². The third-order valence-electron chi connectivity index (χ3n) is 3.77. The molecule has 1 aliphatic heterocycles. The molecule has 0 saturated carbocycles. The standard InChI is InChI=1S/C18H18N2O3S2/c1-20(16-4-2-3-9-19-16)10-11-23-14-7-5-13(6-8-14)12-15-17(21)25-18(22)24-15/h2-9,15H,10-12H2,1H3. The number of nitrogens with zero attached hydrogens (tertiary/aromatic N) is 2. The molecule has 2 heterocycles. The zero-order chi connectivity index (χ0) is 17.6. The molecule has 0 amide bonds. The molecule has 1 fully saturated rings. The summed E-state index contributed by atoms with van der Waals surface area (Å²) >= 11 is 1.93. The molecular weight excluding hydrogens is 356 g/mol. The minimum absolute atomic E-state index is 0.0483. The maximum absolute atomic E-state index is 11.7. The first-order valence-corrected chi connectivity index (χ1v) is 9.57. The van der Waals surface area contributed by atoms with Crippen molar-refractivity contribution in [2.45, 2.75) is 11.7 Å². The average Bonchev–Trinajstić information content (AvgIpc) is 2.94. The molecule has 3 rings (SSSR count). The van der Waals surface area contributed by atoms with Gasteiger partial charge >= 0.3 is 0 Å². The van der Waals surface area contributed by atoms with Crippen molar-refractivity contribution in [2.75, 3.05) is 25.1 Å². The summed E-state index contributed by atoms with van der Waals surface area (Å²) in [4.78, 5) is 29.3. The van der Waals surface area contributed by atoms with Gasteiger partial charge in [0.1, 0.15) is 18.2 Å². The lowest BCUT2D eigenvalue weighted by molar-refractivity contribution is -0.110. The van der Waals surface area contributed by atoms with E-state index >= 15 is 0 Å². The number of aromatic nitrogens is 1. The zero-order valence-corrected chi connectivity index (χ0v) is 15.4. The Balaban J connectivity index is 1.46. The molecule has 1 aliphatic rings. The number of anilines is 1. The predicted octanol–water partition coefficient (Wildman–Crippen LogP) is 3.63. The summed E-state index contributed by atoms with van der Waals surface area (Å²) in [5.74, 6) is 1.70. The van der Waals surface area contributed by atoms with Gasteiger partial charge < -0.3 is 9.64 Å². The number of rotatable bonds is 7. The van der Waals surface area contributed by atoms with Crippen LogP contribution in [0.15, 0.2) is 48.7 Å². The molecule has 5 nitrogen and oxygen atoms in total. The Morgan fingerprint density at radius 3 is 2.60 bits per heavy atom. The first-order valence-electron chi connectivity index (χ1n) is 7.88. The van der Waals surface area contributed by atoms with E-state index in [-0.39, 0.29) is 14.8 Å². The van der Waals surface area contributed by atoms with Gasteiger partial charge in [0, 0.05) is 13.2 Å². The Kier molecular flexibility index (Phi) is 5.99. The molecule has 0 spiro atoms. The maximum Gasteiger partial charge on any atom is 0.254 e. The number of hydrogen-bond acceptors (Lipinski definition) is 7. The molecule has 25 heavy (non-hydrogen) atoms. The van der Waals surface area contributed by atoms with E-state index in [2.05, 4.69) is 4.98 Å². The zero-order valence-electron chi connectivity index (χ0n) is 13.8. The van der Waals surface area contributed by atoms with Gasteiger partial charge in [0.25, 0.3) is 4.45 Å². The molecule has 0 bridgehead atoms. The fourth-order valence-corrected chi connectivity index (χ4v) is 4.45. The Bertz CT molecular complexity index is 738. The van der Waals surface area contributed by atoms with Crippen LogP contribution in [0.1, 0.15) is 5.56 Å². The van der Waals surface area contributed by atoms with Crippen molar-refractivity contribution >= 4 is 38.9 Å². The molecule has 7 heteroatoms. The summed E-state index contributed by atoms with van der Waals surface area (Å²) in [6, 6.07) is 13.5. The highest BCUT2D eigenvalue weighted by atomic mass is 32.2. The Labute approximate surface area is 155 Å². The topological polar surface area (TPSA) is 59.5 Å². The summed E-state index contributed by atoms with van der Waals surface area (Å²) in [5.41, 5.74) is 1.03. The molecule has 1 atom stereocenters. The lowest BCUT2D eigenvalue weighted by atomic mass is 10.1. The number of likely N-dealkylation sites (N-methyl/N-ethyl adjacent to an activating group) is 1. The quantitative estimate of drug-likeness (QED) is 0.733. The third kappa shape index (κ3) is 4.99. The fourth-order valence-electron chi connectivity index (χ4n) is 2.39. The highest BCUT2D eigenvalue weighted by molar-refractivity contribution is 8.49. The van der Waals surface area contributed by atoms with E-state index in [1.807, 2.05) is 54.4 Å². The molecule has 130 valence electrons. The van der Waals surface area contributed by atoms with Gasteiger partial charge in [0.2, 0.25) is 5.12 Å². The van der Waals surface area contributed by atoms with Gasteiger partial charge in [-0.3, -0.25) is 9.59 Å². The minimum atomic E-state index is -0.267. The van der Waals surface area contributed by atoms with Gasteiger partial charge in [-0.15, -0.1) is 0 Å².